The molecule has 0 atom stereocenters. The van der Waals surface area contributed by atoms with Gasteiger partial charge in [0.1, 0.15) is 0 Å². The van der Waals surface area contributed by atoms with E-state index >= 15 is 0 Å². The fraction of sp³-hybridized carbons (Fsp3) is 0. The minimum absolute atomic E-state index is 0.0329. The van der Waals surface area contributed by atoms with Crippen molar-refractivity contribution in [1.82, 2.24) is 20.0 Å². The number of aromatic amines is 1. The van der Waals surface area contributed by atoms with E-state index in [0.29, 0.717) is 11.0 Å². The molecule has 5 heteroatoms. The van der Waals surface area contributed by atoms with Gasteiger partial charge in [0.15, 0.2) is 11.1 Å². The molecule has 0 saturated heterocycles. The van der Waals surface area contributed by atoms with Crippen LogP contribution >= 0.6 is 0 Å². The van der Waals surface area contributed by atoms with E-state index in [2.05, 4.69) is 15.5 Å². The van der Waals surface area contributed by atoms with Crippen LogP contribution in [0, 0.1) is 0 Å². The first-order valence-corrected chi connectivity index (χ1v) is 4.18. The Bertz CT molecular complexity index is 667. The lowest BCUT2D eigenvalue weighted by molar-refractivity contribution is 0.841. The number of fused-ring (bicyclic) bond motifs is 3. The van der Waals surface area contributed by atoms with E-state index in [9.17, 15) is 4.79 Å². The van der Waals surface area contributed by atoms with Crippen LogP contribution in [0.1, 0.15) is 0 Å². The summed E-state index contributed by atoms with van der Waals surface area (Å²) in [5, 5.41) is 10.8. The van der Waals surface area contributed by atoms with Crippen molar-refractivity contribution in [3.63, 3.8) is 0 Å². The van der Waals surface area contributed by atoms with Crippen LogP contribution in [0.4, 0.5) is 0 Å². The Balaban J connectivity index is 2.74. The molecule has 3 aromatic rings. The second kappa shape index (κ2) is 2.41. The Morgan fingerprint density at radius 2 is 2.14 bits per heavy atom. The maximum Gasteiger partial charge on any atom is 0.191 e. The third kappa shape index (κ3) is 0.806. The van der Waals surface area contributed by atoms with Gasteiger partial charge in [-0.2, -0.15) is 5.21 Å². The standard InChI is InChI=1S/C9H6N4O/c14-8-5-9-10-11-12-13(9)7-4-2-1-3-6(7)8/h1-5H,(H,10,12). The molecule has 1 aromatic carbocycles. The highest BCUT2D eigenvalue weighted by atomic mass is 16.1. The highest BCUT2D eigenvalue weighted by molar-refractivity contribution is 5.80. The van der Waals surface area contributed by atoms with E-state index in [4.69, 9.17) is 0 Å². The van der Waals surface area contributed by atoms with Crippen LogP contribution in [0.5, 0.6) is 0 Å². The minimum atomic E-state index is -0.0329. The third-order valence-corrected chi connectivity index (χ3v) is 2.20. The van der Waals surface area contributed by atoms with Crippen molar-refractivity contribution in [2.45, 2.75) is 0 Å². The molecule has 0 bridgehead atoms. The molecule has 0 spiro atoms. The molecule has 0 amide bonds. The zero-order valence-electron chi connectivity index (χ0n) is 7.14. The Morgan fingerprint density at radius 1 is 1.29 bits per heavy atom. The minimum Gasteiger partial charge on any atom is -0.289 e. The van der Waals surface area contributed by atoms with Gasteiger partial charge in [-0.05, 0) is 12.1 Å². The van der Waals surface area contributed by atoms with Gasteiger partial charge in [-0.1, -0.05) is 17.3 Å². The lowest BCUT2D eigenvalue weighted by Gasteiger charge is -1.97. The van der Waals surface area contributed by atoms with Crippen molar-refractivity contribution in [2.24, 2.45) is 0 Å². The average molecular weight is 186 g/mol. The van der Waals surface area contributed by atoms with Crippen LogP contribution in [-0.2, 0) is 0 Å². The molecule has 2 heterocycles. The quantitative estimate of drug-likeness (QED) is 0.558. The first-order chi connectivity index (χ1) is 6.86. The summed E-state index contributed by atoms with van der Waals surface area (Å²) in [5.41, 5.74) is 1.29. The number of hydrogen-bond donors (Lipinski definition) is 1. The summed E-state index contributed by atoms with van der Waals surface area (Å²) in [7, 11) is 0. The number of benzene rings is 1. The topological polar surface area (TPSA) is 63.0 Å². The largest absolute Gasteiger partial charge is 0.289 e. The summed E-state index contributed by atoms with van der Waals surface area (Å²) in [6, 6.07) is 8.80. The normalized spacial score (nSPS) is 11.1. The molecule has 0 aliphatic carbocycles. The summed E-state index contributed by atoms with van der Waals surface area (Å²) in [5.74, 6) is 0. The third-order valence-electron chi connectivity index (χ3n) is 2.20. The summed E-state index contributed by atoms with van der Waals surface area (Å²) >= 11 is 0. The van der Waals surface area contributed by atoms with Gasteiger partial charge in [0.2, 0.25) is 0 Å². The molecule has 0 unspecified atom stereocenters. The Labute approximate surface area is 78.0 Å². The van der Waals surface area contributed by atoms with Crippen LogP contribution in [0.25, 0.3) is 16.6 Å². The Morgan fingerprint density at radius 3 is 3.07 bits per heavy atom. The first kappa shape index (κ1) is 7.25. The Kier molecular flexibility index (Phi) is 1.25. The van der Waals surface area contributed by atoms with Gasteiger partial charge in [0, 0.05) is 11.5 Å². The molecule has 2 aromatic heterocycles. The molecule has 3 rings (SSSR count). The van der Waals surface area contributed by atoms with Crippen LogP contribution in [0.15, 0.2) is 35.1 Å². The highest BCUT2D eigenvalue weighted by Gasteiger charge is 2.03. The number of pyridine rings is 1. The number of aromatic nitrogens is 4. The monoisotopic (exact) mass is 186 g/mol. The molecule has 68 valence electrons. The van der Waals surface area contributed by atoms with Crippen LogP contribution in [0.2, 0.25) is 0 Å². The van der Waals surface area contributed by atoms with Gasteiger partial charge in [-0.3, -0.25) is 4.79 Å². The second-order valence-electron chi connectivity index (χ2n) is 3.02. The van der Waals surface area contributed by atoms with E-state index in [0.717, 1.165) is 5.52 Å². The number of para-hydroxylation sites is 1. The lowest BCUT2D eigenvalue weighted by atomic mass is 10.2. The average Bonchev–Trinajstić information content (AvgIpc) is 2.66. The van der Waals surface area contributed by atoms with Gasteiger partial charge in [0.25, 0.3) is 0 Å². The summed E-state index contributed by atoms with van der Waals surface area (Å²) < 4.78 is 1.68. The SMILES string of the molecule is O=c1cc2nn[nH]n2c2ccccc12. The number of nitrogens with zero attached hydrogens (tertiary/aromatic N) is 3. The van der Waals surface area contributed by atoms with Crippen LogP contribution < -0.4 is 5.43 Å². The molecule has 0 saturated carbocycles. The lowest BCUT2D eigenvalue weighted by Crippen LogP contribution is -2.04. The van der Waals surface area contributed by atoms with E-state index in [1.54, 1.807) is 10.6 Å². The maximum atomic E-state index is 11.6. The predicted octanol–water partition coefficient (Wildman–Crippen LogP) is 0.571. The molecular weight excluding hydrogens is 180 g/mol. The van der Waals surface area contributed by atoms with E-state index in [1.807, 2.05) is 18.2 Å². The van der Waals surface area contributed by atoms with Gasteiger partial charge in [-0.25, -0.2) is 4.52 Å². The fourth-order valence-corrected chi connectivity index (χ4v) is 1.56. The van der Waals surface area contributed by atoms with E-state index < -0.39 is 0 Å². The summed E-state index contributed by atoms with van der Waals surface area (Å²) in [4.78, 5) is 11.6. The molecule has 1 N–H and O–H groups in total. The molecule has 0 fully saturated rings. The molecule has 0 aliphatic heterocycles. The molecule has 14 heavy (non-hydrogen) atoms. The van der Waals surface area contributed by atoms with Crippen molar-refractivity contribution in [3.05, 3.63) is 40.6 Å². The molecular formula is C9H6N4O. The summed E-state index contributed by atoms with van der Waals surface area (Å²) in [6.07, 6.45) is 0. The second-order valence-corrected chi connectivity index (χ2v) is 3.02. The van der Waals surface area contributed by atoms with E-state index in [-0.39, 0.29) is 5.43 Å². The molecule has 5 nitrogen and oxygen atoms in total. The number of tetrazole rings is 1. The van der Waals surface area contributed by atoms with Crippen molar-refractivity contribution < 1.29 is 0 Å². The van der Waals surface area contributed by atoms with Crippen LogP contribution in [-0.4, -0.2) is 20.0 Å². The number of nitrogens with one attached hydrogen (secondary N) is 1. The van der Waals surface area contributed by atoms with Crippen molar-refractivity contribution >= 4 is 16.6 Å². The zero-order chi connectivity index (χ0) is 9.54. The van der Waals surface area contributed by atoms with Crippen molar-refractivity contribution in [1.29, 1.82) is 0 Å². The van der Waals surface area contributed by atoms with Gasteiger partial charge < -0.3 is 0 Å². The zero-order valence-corrected chi connectivity index (χ0v) is 7.14. The van der Waals surface area contributed by atoms with Gasteiger partial charge >= 0.3 is 0 Å². The Hall–Kier alpha value is -2.17. The number of H-pyrrole nitrogens is 1. The molecule has 0 aliphatic rings. The summed E-state index contributed by atoms with van der Waals surface area (Å²) in [6.45, 7) is 0. The highest BCUT2D eigenvalue weighted by Crippen LogP contribution is 2.09. The number of rotatable bonds is 0. The van der Waals surface area contributed by atoms with Gasteiger partial charge in [0.05, 0.1) is 5.52 Å². The van der Waals surface area contributed by atoms with E-state index in [1.165, 1.54) is 6.07 Å². The maximum absolute atomic E-state index is 11.6. The van der Waals surface area contributed by atoms with Crippen molar-refractivity contribution in [3.8, 4) is 0 Å². The van der Waals surface area contributed by atoms with Gasteiger partial charge in [-0.15, -0.1) is 5.10 Å². The fourth-order valence-electron chi connectivity index (χ4n) is 1.56. The first-order valence-electron chi connectivity index (χ1n) is 4.18. The number of hydrogen-bond acceptors (Lipinski definition) is 3. The predicted molar refractivity (Wildman–Crippen MR) is 51.1 cm³/mol. The molecule has 0 radical (unpaired) electrons. The van der Waals surface area contributed by atoms with Crippen LogP contribution in [0.3, 0.4) is 0 Å². The van der Waals surface area contributed by atoms with Crippen molar-refractivity contribution in [2.75, 3.05) is 0 Å². The smallest absolute Gasteiger partial charge is 0.191 e.